The van der Waals surface area contributed by atoms with Crippen LogP contribution in [0.15, 0.2) is 24.5 Å². The number of pyridine rings is 1. The average Bonchev–Trinajstić information content (AvgIpc) is 2.31. The molecule has 0 saturated carbocycles. The molecule has 1 fully saturated rings. The van der Waals surface area contributed by atoms with Gasteiger partial charge in [-0.25, -0.2) is 0 Å². The number of aromatic nitrogens is 1. The molecule has 3 heteroatoms. The van der Waals surface area contributed by atoms with Crippen LogP contribution in [0.5, 0.6) is 0 Å². The zero-order valence-electron chi connectivity index (χ0n) is 9.24. The van der Waals surface area contributed by atoms with Crippen LogP contribution < -0.4 is 10.6 Å². The molecule has 0 aliphatic carbocycles. The molecule has 0 radical (unpaired) electrons. The van der Waals surface area contributed by atoms with E-state index in [4.69, 9.17) is 0 Å². The third-order valence-corrected chi connectivity index (χ3v) is 2.99. The molecule has 0 bridgehead atoms. The second kappa shape index (κ2) is 5.24. The number of nitrogens with one attached hydrogen (secondary N) is 2. The van der Waals surface area contributed by atoms with Crippen molar-refractivity contribution in [2.24, 2.45) is 0 Å². The van der Waals surface area contributed by atoms with Crippen molar-refractivity contribution in [2.45, 2.75) is 31.8 Å². The fraction of sp³-hybridized carbons (Fsp3) is 0.583. The van der Waals surface area contributed by atoms with Gasteiger partial charge in [-0.05, 0) is 44.0 Å². The Balaban J connectivity index is 1.88. The molecule has 1 unspecified atom stereocenters. The van der Waals surface area contributed by atoms with E-state index in [9.17, 15) is 0 Å². The summed E-state index contributed by atoms with van der Waals surface area (Å²) in [5, 5.41) is 7.06. The first kappa shape index (κ1) is 10.6. The maximum Gasteiger partial charge on any atom is 0.0296 e. The summed E-state index contributed by atoms with van der Waals surface area (Å²) < 4.78 is 0. The van der Waals surface area contributed by atoms with E-state index in [0.29, 0.717) is 12.1 Å². The van der Waals surface area contributed by atoms with Crippen LogP contribution in [-0.4, -0.2) is 24.1 Å². The van der Waals surface area contributed by atoms with Gasteiger partial charge in [-0.3, -0.25) is 4.98 Å². The largest absolute Gasteiger partial charge is 0.315 e. The molecule has 2 heterocycles. The Kier molecular flexibility index (Phi) is 3.69. The third-order valence-electron chi connectivity index (χ3n) is 2.99. The lowest BCUT2D eigenvalue weighted by Crippen LogP contribution is -2.43. The molecule has 2 N–H and O–H groups in total. The highest BCUT2D eigenvalue weighted by Gasteiger charge is 2.15. The molecule has 1 aromatic rings. The van der Waals surface area contributed by atoms with Gasteiger partial charge in [0.1, 0.15) is 0 Å². The van der Waals surface area contributed by atoms with Crippen LogP contribution in [0.25, 0.3) is 0 Å². The molecule has 0 aromatic carbocycles. The number of rotatable bonds is 3. The molecule has 1 aliphatic rings. The average molecular weight is 205 g/mol. The van der Waals surface area contributed by atoms with E-state index in [1.807, 2.05) is 12.4 Å². The number of hydrogen-bond acceptors (Lipinski definition) is 3. The van der Waals surface area contributed by atoms with Gasteiger partial charge in [-0.1, -0.05) is 0 Å². The summed E-state index contributed by atoms with van der Waals surface area (Å²) in [6.45, 7) is 4.47. The fourth-order valence-corrected chi connectivity index (χ4v) is 2.10. The summed E-state index contributed by atoms with van der Waals surface area (Å²) >= 11 is 0. The topological polar surface area (TPSA) is 37.0 Å². The summed E-state index contributed by atoms with van der Waals surface area (Å²) in [6, 6.07) is 5.18. The highest BCUT2D eigenvalue weighted by atomic mass is 15.0. The minimum atomic E-state index is 0.415. The standard InChI is InChI=1S/C12H19N3/c1-10(11-4-7-13-8-5-11)15-12-3-2-6-14-9-12/h4-5,7-8,10,12,14-15H,2-3,6,9H2,1H3/t10-,12?/m1/s1. The molecular weight excluding hydrogens is 186 g/mol. The van der Waals surface area contributed by atoms with Crippen LogP contribution in [0.2, 0.25) is 0 Å². The molecule has 0 amide bonds. The lowest BCUT2D eigenvalue weighted by Gasteiger charge is -2.27. The van der Waals surface area contributed by atoms with Crippen LogP contribution in [0.1, 0.15) is 31.4 Å². The van der Waals surface area contributed by atoms with Crippen molar-refractivity contribution >= 4 is 0 Å². The molecule has 15 heavy (non-hydrogen) atoms. The van der Waals surface area contributed by atoms with Gasteiger partial charge in [0, 0.05) is 31.0 Å². The Morgan fingerprint density at radius 3 is 2.93 bits per heavy atom. The molecule has 1 saturated heterocycles. The fourth-order valence-electron chi connectivity index (χ4n) is 2.10. The monoisotopic (exact) mass is 205 g/mol. The Morgan fingerprint density at radius 1 is 1.47 bits per heavy atom. The van der Waals surface area contributed by atoms with E-state index >= 15 is 0 Å². The first-order valence-corrected chi connectivity index (χ1v) is 5.73. The Labute approximate surface area is 91.3 Å². The highest BCUT2D eigenvalue weighted by Crippen LogP contribution is 2.13. The summed E-state index contributed by atoms with van der Waals surface area (Å²) in [5.41, 5.74) is 1.32. The zero-order valence-corrected chi connectivity index (χ0v) is 9.24. The SMILES string of the molecule is C[C@@H](NC1CCCNC1)c1ccncc1. The van der Waals surface area contributed by atoms with Gasteiger partial charge in [0.2, 0.25) is 0 Å². The van der Waals surface area contributed by atoms with E-state index in [1.54, 1.807) is 0 Å². The van der Waals surface area contributed by atoms with E-state index in [-0.39, 0.29) is 0 Å². The molecule has 1 aromatic heterocycles. The predicted octanol–water partition coefficient (Wildman–Crippen LogP) is 1.48. The lowest BCUT2D eigenvalue weighted by molar-refractivity contribution is 0.362. The van der Waals surface area contributed by atoms with Crippen LogP contribution in [0, 0.1) is 0 Å². The summed E-state index contributed by atoms with van der Waals surface area (Å²) in [5.74, 6) is 0. The van der Waals surface area contributed by atoms with Crippen LogP contribution in [0.4, 0.5) is 0 Å². The van der Waals surface area contributed by atoms with Crippen molar-refractivity contribution in [3.63, 3.8) is 0 Å². The second-order valence-electron chi connectivity index (χ2n) is 4.21. The van der Waals surface area contributed by atoms with E-state index in [2.05, 4.69) is 34.7 Å². The molecule has 1 aliphatic heterocycles. The Morgan fingerprint density at radius 2 is 2.27 bits per heavy atom. The highest BCUT2D eigenvalue weighted by molar-refractivity contribution is 5.14. The first-order chi connectivity index (χ1) is 7.36. The van der Waals surface area contributed by atoms with Crippen LogP contribution in [0.3, 0.4) is 0 Å². The summed E-state index contributed by atoms with van der Waals surface area (Å²) in [6.07, 6.45) is 6.27. The molecular formula is C12H19N3. The minimum absolute atomic E-state index is 0.415. The molecule has 82 valence electrons. The van der Waals surface area contributed by atoms with Crippen molar-refractivity contribution in [1.82, 2.24) is 15.6 Å². The van der Waals surface area contributed by atoms with E-state index in [1.165, 1.54) is 24.9 Å². The quantitative estimate of drug-likeness (QED) is 0.785. The normalized spacial score (nSPS) is 23.7. The molecule has 2 atom stereocenters. The number of hydrogen-bond donors (Lipinski definition) is 2. The first-order valence-electron chi connectivity index (χ1n) is 5.73. The number of piperidine rings is 1. The van der Waals surface area contributed by atoms with Crippen molar-refractivity contribution in [3.05, 3.63) is 30.1 Å². The Bertz CT molecular complexity index is 280. The van der Waals surface area contributed by atoms with Crippen molar-refractivity contribution in [1.29, 1.82) is 0 Å². The Hall–Kier alpha value is -0.930. The van der Waals surface area contributed by atoms with Crippen molar-refractivity contribution in [3.8, 4) is 0 Å². The smallest absolute Gasteiger partial charge is 0.0296 e. The summed E-state index contributed by atoms with van der Waals surface area (Å²) in [4.78, 5) is 4.03. The number of nitrogens with zero attached hydrogens (tertiary/aromatic N) is 1. The van der Waals surface area contributed by atoms with E-state index in [0.717, 1.165) is 6.54 Å². The minimum Gasteiger partial charge on any atom is -0.315 e. The van der Waals surface area contributed by atoms with Crippen molar-refractivity contribution in [2.75, 3.05) is 13.1 Å². The van der Waals surface area contributed by atoms with Crippen LogP contribution >= 0.6 is 0 Å². The molecule has 0 spiro atoms. The third kappa shape index (κ3) is 3.01. The zero-order chi connectivity index (χ0) is 10.5. The van der Waals surface area contributed by atoms with Gasteiger partial charge in [0.25, 0.3) is 0 Å². The lowest BCUT2D eigenvalue weighted by atomic mass is 10.0. The van der Waals surface area contributed by atoms with Crippen LogP contribution in [-0.2, 0) is 0 Å². The molecule has 2 rings (SSSR count). The molecule has 3 nitrogen and oxygen atoms in total. The van der Waals surface area contributed by atoms with Crippen molar-refractivity contribution < 1.29 is 0 Å². The van der Waals surface area contributed by atoms with Gasteiger partial charge in [-0.15, -0.1) is 0 Å². The maximum absolute atomic E-state index is 4.03. The van der Waals surface area contributed by atoms with Gasteiger partial charge in [-0.2, -0.15) is 0 Å². The summed E-state index contributed by atoms with van der Waals surface area (Å²) in [7, 11) is 0. The van der Waals surface area contributed by atoms with Gasteiger partial charge in [0.05, 0.1) is 0 Å². The maximum atomic E-state index is 4.03. The van der Waals surface area contributed by atoms with E-state index < -0.39 is 0 Å². The van der Waals surface area contributed by atoms with Gasteiger partial charge >= 0.3 is 0 Å². The van der Waals surface area contributed by atoms with Gasteiger partial charge in [0.15, 0.2) is 0 Å². The van der Waals surface area contributed by atoms with Gasteiger partial charge < -0.3 is 10.6 Å². The predicted molar refractivity (Wildman–Crippen MR) is 61.7 cm³/mol. The second-order valence-corrected chi connectivity index (χ2v) is 4.21.